The fraction of sp³-hybridized carbons (Fsp3) is 0.889. The number of carbonyl (C=O) groups is 2. The van der Waals surface area contributed by atoms with Crippen molar-refractivity contribution in [1.29, 1.82) is 0 Å². The van der Waals surface area contributed by atoms with E-state index < -0.39 is 6.04 Å². The minimum absolute atomic E-state index is 0.0654. The third-order valence-corrected chi connectivity index (χ3v) is 6.19. The second-order valence-corrected chi connectivity index (χ2v) is 8.64. The van der Waals surface area contributed by atoms with E-state index in [1.54, 1.807) is 6.92 Å². The lowest BCUT2D eigenvalue weighted by atomic mass is 9.49. The maximum absolute atomic E-state index is 12.9. The van der Waals surface area contributed by atoms with Crippen LogP contribution in [0.25, 0.3) is 0 Å². The molecule has 4 fully saturated rings. The van der Waals surface area contributed by atoms with Crippen LogP contribution in [0.2, 0.25) is 0 Å². The highest BCUT2D eigenvalue weighted by Crippen LogP contribution is 2.60. The van der Waals surface area contributed by atoms with Crippen molar-refractivity contribution in [2.24, 2.45) is 23.2 Å². The Morgan fingerprint density at radius 1 is 1.09 bits per heavy atom. The minimum Gasteiger partial charge on any atom is -0.349 e. The molecule has 0 aromatic carbocycles. The molecule has 4 aliphatic rings. The highest BCUT2D eigenvalue weighted by molar-refractivity contribution is 5.90. The normalized spacial score (nSPS) is 36.1. The highest BCUT2D eigenvalue weighted by Gasteiger charge is 2.54. The fourth-order valence-corrected chi connectivity index (χ4v) is 5.39. The van der Waals surface area contributed by atoms with Crippen molar-refractivity contribution in [3.05, 3.63) is 0 Å². The molecule has 4 rings (SSSR count). The third kappa shape index (κ3) is 3.54. The van der Waals surface area contributed by atoms with E-state index in [-0.39, 0.29) is 17.2 Å². The Bertz CT molecular complexity index is 440. The molecule has 1 atom stereocenters. The Hall–Kier alpha value is -1.10. The van der Waals surface area contributed by atoms with E-state index >= 15 is 0 Å². The number of likely N-dealkylation sites (N-methyl/N-ethyl adjacent to an activating group) is 1. The van der Waals surface area contributed by atoms with E-state index in [0.29, 0.717) is 6.54 Å². The summed E-state index contributed by atoms with van der Waals surface area (Å²) in [5.41, 5.74) is -0.170. The monoisotopic (exact) mass is 322 g/mol. The summed E-state index contributed by atoms with van der Waals surface area (Å²) in [4.78, 5) is 26.4. The Morgan fingerprint density at radius 2 is 1.61 bits per heavy atom. The molecule has 4 aliphatic carbocycles. The molecular formula is C18H32N3O2+. The molecule has 2 amide bonds. The van der Waals surface area contributed by atoms with Crippen LogP contribution in [-0.4, -0.2) is 45.0 Å². The van der Waals surface area contributed by atoms with Crippen molar-refractivity contribution in [3.63, 3.8) is 0 Å². The molecule has 23 heavy (non-hydrogen) atoms. The predicted molar refractivity (Wildman–Crippen MR) is 88.9 cm³/mol. The lowest BCUT2D eigenvalue weighted by Crippen LogP contribution is -3.06. The number of hydrogen-bond acceptors (Lipinski definition) is 2. The Balaban J connectivity index is 1.53. The Labute approximate surface area is 139 Å². The lowest BCUT2D eigenvalue weighted by molar-refractivity contribution is -0.856. The fourth-order valence-electron chi connectivity index (χ4n) is 5.39. The van der Waals surface area contributed by atoms with Crippen molar-refractivity contribution in [3.8, 4) is 0 Å². The molecule has 0 aromatic heterocycles. The quantitative estimate of drug-likeness (QED) is 0.643. The van der Waals surface area contributed by atoms with Crippen LogP contribution in [-0.2, 0) is 9.59 Å². The van der Waals surface area contributed by atoms with Gasteiger partial charge >= 0.3 is 0 Å². The molecule has 0 saturated heterocycles. The molecule has 4 bridgehead atoms. The topological polar surface area (TPSA) is 62.6 Å². The predicted octanol–water partition coefficient (Wildman–Crippen LogP) is -0.0318. The van der Waals surface area contributed by atoms with Crippen LogP contribution in [0.3, 0.4) is 0 Å². The van der Waals surface area contributed by atoms with E-state index in [1.807, 2.05) is 0 Å². The second kappa shape index (κ2) is 6.42. The van der Waals surface area contributed by atoms with Crippen LogP contribution in [0.15, 0.2) is 0 Å². The summed E-state index contributed by atoms with van der Waals surface area (Å²) in [5.74, 6) is 2.32. The van der Waals surface area contributed by atoms with Crippen LogP contribution >= 0.6 is 0 Å². The van der Waals surface area contributed by atoms with Gasteiger partial charge in [0.2, 0.25) is 11.8 Å². The van der Waals surface area contributed by atoms with Crippen LogP contribution in [0.4, 0.5) is 0 Å². The van der Waals surface area contributed by atoms with Gasteiger partial charge in [-0.2, -0.15) is 0 Å². The molecule has 0 aliphatic heterocycles. The van der Waals surface area contributed by atoms with Crippen molar-refractivity contribution in [1.82, 2.24) is 10.6 Å². The van der Waals surface area contributed by atoms with Gasteiger partial charge in [-0.1, -0.05) is 0 Å². The van der Waals surface area contributed by atoms with Gasteiger partial charge < -0.3 is 15.5 Å². The van der Waals surface area contributed by atoms with Gasteiger partial charge in [-0.25, -0.2) is 0 Å². The van der Waals surface area contributed by atoms with Gasteiger partial charge in [0, 0.05) is 5.41 Å². The molecule has 5 heteroatoms. The first-order valence-electron chi connectivity index (χ1n) is 9.25. The van der Waals surface area contributed by atoms with Crippen LogP contribution in [0, 0.1) is 23.2 Å². The average Bonchev–Trinajstić information content (AvgIpc) is 2.45. The summed E-state index contributed by atoms with van der Waals surface area (Å²) in [6.45, 7) is 3.34. The van der Waals surface area contributed by atoms with Gasteiger partial charge in [-0.3, -0.25) is 9.59 Å². The van der Waals surface area contributed by atoms with E-state index in [1.165, 1.54) is 24.2 Å². The summed E-state index contributed by atoms with van der Waals surface area (Å²) in [6.07, 6.45) is 7.12. The van der Waals surface area contributed by atoms with Crippen molar-refractivity contribution < 1.29 is 14.5 Å². The van der Waals surface area contributed by atoms with Crippen molar-refractivity contribution in [2.75, 3.05) is 27.2 Å². The largest absolute Gasteiger partial charge is 0.349 e. The van der Waals surface area contributed by atoms with Crippen molar-refractivity contribution in [2.45, 2.75) is 51.5 Å². The highest BCUT2D eigenvalue weighted by atomic mass is 16.2. The molecule has 4 saturated carbocycles. The Kier molecular flexibility index (Phi) is 4.68. The SMILES string of the molecule is C[C@@H](NC(=O)C12CC3CC(CC(C3)C1)C2)C(=O)NCC[NH+](C)C. The van der Waals surface area contributed by atoms with Crippen LogP contribution in [0.1, 0.15) is 45.4 Å². The van der Waals surface area contributed by atoms with Gasteiger partial charge in [0.15, 0.2) is 0 Å². The van der Waals surface area contributed by atoms with Crippen molar-refractivity contribution >= 4 is 11.8 Å². The molecule has 0 spiro atoms. The molecule has 0 radical (unpaired) electrons. The third-order valence-electron chi connectivity index (χ3n) is 6.19. The van der Waals surface area contributed by atoms with E-state index in [9.17, 15) is 9.59 Å². The van der Waals surface area contributed by atoms with Crippen LogP contribution in [0.5, 0.6) is 0 Å². The smallest absolute Gasteiger partial charge is 0.242 e. The summed E-state index contributed by atoms with van der Waals surface area (Å²) < 4.78 is 0. The standard InChI is InChI=1S/C18H31N3O2/c1-12(16(22)19-4-5-21(2)3)20-17(23)18-9-13-6-14(10-18)8-15(7-13)11-18/h12-15H,4-11H2,1-3H3,(H,19,22)(H,20,23)/p+1/t12-,13?,14?,15?,18?/m1/s1. The molecule has 5 nitrogen and oxygen atoms in total. The minimum atomic E-state index is -0.437. The molecule has 0 unspecified atom stereocenters. The second-order valence-electron chi connectivity index (χ2n) is 8.64. The van der Waals surface area contributed by atoms with Gasteiger partial charge in [-0.15, -0.1) is 0 Å². The van der Waals surface area contributed by atoms with E-state index in [0.717, 1.165) is 43.6 Å². The number of carbonyl (C=O) groups excluding carboxylic acids is 2. The first-order chi connectivity index (χ1) is 10.9. The molecular weight excluding hydrogens is 290 g/mol. The number of hydrogen-bond donors (Lipinski definition) is 3. The first kappa shape index (κ1) is 16.7. The molecule has 130 valence electrons. The number of rotatable bonds is 6. The summed E-state index contributed by atoms with van der Waals surface area (Å²) in [6, 6.07) is -0.437. The maximum atomic E-state index is 12.9. The summed E-state index contributed by atoms with van der Waals surface area (Å²) in [7, 11) is 4.12. The molecule has 0 heterocycles. The maximum Gasteiger partial charge on any atom is 0.242 e. The number of nitrogens with one attached hydrogen (secondary N) is 3. The van der Waals surface area contributed by atoms with Gasteiger partial charge in [-0.05, 0) is 63.2 Å². The average molecular weight is 322 g/mol. The molecule has 0 aromatic rings. The number of amides is 2. The Morgan fingerprint density at radius 3 is 2.09 bits per heavy atom. The zero-order valence-corrected chi connectivity index (χ0v) is 14.8. The van der Waals surface area contributed by atoms with Crippen LogP contribution < -0.4 is 15.5 Å². The lowest BCUT2D eigenvalue weighted by Gasteiger charge is -2.55. The zero-order valence-electron chi connectivity index (χ0n) is 14.8. The van der Waals surface area contributed by atoms with Gasteiger partial charge in [0.05, 0.1) is 27.2 Å². The number of quaternary nitrogens is 1. The van der Waals surface area contributed by atoms with E-state index in [4.69, 9.17) is 0 Å². The van der Waals surface area contributed by atoms with Gasteiger partial charge in [0.1, 0.15) is 6.04 Å². The molecule has 3 N–H and O–H groups in total. The summed E-state index contributed by atoms with van der Waals surface area (Å²) in [5, 5.41) is 5.94. The first-order valence-corrected chi connectivity index (χ1v) is 9.25. The van der Waals surface area contributed by atoms with Gasteiger partial charge in [0.25, 0.3) is 0 Å². The van der Waals surface area contributed by atoms with E-state index in [2.05, 4.69) is 24.7 Å². The zero-order chi connectivity index (χ0) is 16.6. The summed E-state index contributed by atoms with van der Waals surface area (Å²) >= 11 is 0.